The van der Waals surface area contributed by atoms with Gasteiger partial charge in [0.15, 0.2) is 0 Å². The van der Waals surface area contributed by atoms with Crippen molar-refractivity contribution >= 4 is 39.1 Å². The van der Waals surface area contributed by atoms with E-state index in [4.69, 9.17) is 16.5 Å². The van der Waals surface area contributed by atoms with Gasteiger partial charge in [0, 0.05) is 15.6 Å². The van der Waals surface area contributed by atoms with Gasteiger partial charge in [-0.2, -0.15) is 0 Å². The number of nitrogens with one attached hydrogen (secondary N) is 1. The third kappa shape index (κ3) is 3.52. The Kier molecular flexibility index (Phi) is 5.74. The first-order valence-electron chi connectivity index (χ1n) is 7.78. The molecule has 0 saturated carbocycles. The molecule has 0 unspecified atom stereocenters. The van der Waals surface area contributed by atoms with Gasteiger partial charge in [-0.15, -0.1) is 0 Å². The number of hydrogen-bond acceptors (Lipinski definition) is 3. The summed E-state index contributed by atoms with van der Waals surface area (Å²) in [6.07, 6.45) is 0. The minimum absolute atomic E-state index is 0.362. The molecule has 0 bridgehead atoms. The molecule has 4 nitrogen and oxygen atoms in total. The maximum absolute atomic E-state index is 13.2. The fourth-order valence-corrected chi connectivity index (χ4v) is 3.44. The van der Waals surface area contributed by atoms with Crippen LogP contribution in [0.1, 0.15) is 11.1 Å². The van der Waals surface area contributed by atoms with Crippen LogP contribution in [-0.4, -0.2) is 11.2 Å². The Labute approximate surface area is 164 Å². The first kappa shape index (κ1) is 18.6. The average molecular weight is 433 g/mol. The quantitative estimate of drug-likeness (QED) is 0.415. The minimum atomic E-state index is -1.74. The molecule has 0 aliphatic heterocycles. The predicted molar refractivity (Wildman–Crippen MR) is 105 cm³/mol. The molecule has 0 aliphatic carbocycles. The summed E-state index contributed by atoms with van der Waals surface area (Å²) in [7, 11) is 0. The lowest BCUT2D eigenvalue weighted by molar-refractivity contribution is -0.303. The van der Waals surface area contributed by atoms with Gasteiger partial charge >= 0.3 is 0 Å². The van der Waals surface area contributed by atoms with Crippen molar-refractivity contribution < 1.29 is 14.9 Å². The van der Waals surface area contributed by atoms with Gasteiger partial charge in [-0.1, -0.05) is 88.2 Å². The molecule has 0 radical (unpaired) electrons. The van der Waals surface area contributed by atoms with Crippen LogP contribution in [0.25, 0.3) is 0 Å². The maximum atomic E-state index is 13.2. The first-order chi connectivity index (χ1) is 12.6. The Hall–Kier alpha value is -2.18. The van der Waals surface area contributed by atoms with E-state index in [1.165, 1.54) is 0 Å². The molecule has 0 aromatic heterocycles. The van der Waals surface area contributed by atoms with Crippen LogP contribution in [0.15, 0.2) is 83.3 Å². The zero-order valence-corrected chi connectivity index (χ0v) is 15.9. The van der Waals surface area contributed by atoms with Gasteiger partial charge in [-0.05, 0) is 18.2 Å². The molecular weight excluding hydrogens is 418 g/mol. The van der Waals surface area contributed by atoms with Gasteiger partial charge in [0.05, 0.1) is 10.7 Å². The summed E-state index contributed by atoms with van der Waals surface area (Å²) < 4.78 is 0.788. The van der Waals surface area contributed by atoms with Crippen LogP contribution in [0, 0.1) is 0 Å². The van der Waals surface area contributed by atoms with Crippen molar-refractivity contribution in [3.8, 4) is 0 Å². The number of rotatable bonds is 5. The van der Waals surface area contributed by atoms with Crippen molar-refractivity contribution in [2.45, 2.75) is 5.60 Å². The van der Waals surface area contributed by atoms with E-state index < -0.39 is 11.5 Å². The molecule has 0 heterocycles. The van der Waals surface area contributed by atoms with Crippen molar-refractivity contribution in [2.75, 3.05) is 5.32 Å². The molecule has 6 heteroatoms. The molecule has 2 N–H and O–H groups in total. The van der Waals surface area contributed by atoms with Crippen molar-refractivity contribution in [2.24, 2.45) is 0 Å². The lowest BCUT2D eigenvalue weighted by atomic mass is 9.85. The molecule has 132 valence electrons. The van der Waals surface area contributed by atoms with Crippen molar-refractivity contribution in [3.05, 3.63) is 99.5 Å². The Morgan fingerprint density at radius 1 is 0.962 bits per heavy atom. The van der Waals surface area contributed by atoms with Crippen molar-refractivity contribution in [1.82, 2.24) is 0 Å². The summed E-state index contributed by atoms with van der Waals surface area (Å²) in [6, 6.07) is 22.7. The number of benzene rings is 3. The molecule has 1 amide bonds. The molecule has 0 aliphatic rings. The second-order valence-corrected chi connectivity index (χ2v) is 6.91. The van der Waals surface area contributed by atoms with E-state index in [0.717, 1.165) is 4.47 Å². The minimum Gasteiger partial charge on any atom is -0.321 e. The van der Waals surface area contributed by atoms with Crippen LogP contribution in [0.5, 0.6) is 0 Å². The molecule has 3 aromatic carbocycles. The van der Waals surface area contributed by atoms with E-state index in [1.807, 2.05) is 12.1 Å². The topological polar surface area (TPSA) is 58.6 Å². The number of carbonyl (C=O) groups excluding carboxylic acids is 1. The van der Waals surface area contributed by atoms with Crippen LogP contribution in [0.3, 0.4) is 0 Å². The van der Waals surface area contributed by atoms with E-state index in [1.54, 1.807) is 66.7 Å². The highest BCUT2D eigenvalue weighted by Crippen LogP contribution is 2.35. The van der Waals surface area contributed by atoms with Gasteiger partial charge in [0.25, 0.3) is 5.91 Å². The van der Waals surface area contributed by atoms with Crippen LogP contribution >= 0.6 is 27.5 Å². The van der Waals surface area contributed by atoms with Gasteiger partial charge in [0.1, 0.15) is 0 Å². The number of halogens is 2. The zero-order valence-electron chi connectivity index (χ0n) is 13.5. The largest absolute Gasteiger partial charge is 0.321 e. The molecule has 0 spiro atoms. The van der Waals surface area contributed by atoms with Crippen molar-refractivity contribution in [3.63, 3.8) is 0 Å². The number of carbonyl (C=O) groups is 1. The van der Waals surface area contributed by atoms with E-state index in [9.17, 15) is 10.1 Å². The van der Waals surface area contributed by atoms with Gasteiger partial charge in [-0.25, -0.2) is 4.89 Å². The summed E-state index contributed by atoms with van der Waals surface area (Å²) in [5, 5.41) is 13.0. The molecule has 3 rings (SSSR count). The lowest BCUT2D eigenvalue weighted by Gasteiger charge is -2.30. The molecule has 0 atom stereocenters. The molecule has 26 heavy (non-hydrogen) atoms. The molecule has 3 aromatic rings. The Bertz CT molecular complexity index is 864. The fraction of sp³-hybridized carbons (Fsp3) is 0.0500. The summed E-state index contributed by atoms with van der Waals surface area (Å²) in [5.74, 6) is -0.568. The number of anilines is 1. The van der Waals surface area contributed by atoms with Crippen LogP contribution < -0.4 is 5.32 Å². The van der Waals surface area contributed by atoms with Crippen LogP contribution in [-0.2, 0) is 15.3 Å². The summed E-state index contributed by atoms with van der Waals surface area (Å²) in [5.41, 5.74) is -0.356. The average Bonchev–Trinajstić information content (AvgIpc) is 2.67. The molecule has 0 fully saturated rings. The monoisotopic (exact) mass is 431 g/mol. The zero-order chi connectivity index (χ0) is 18.6. The Morgan fingerprint density at radius 3 is 1.96 bits per heavy atom. The van der Waals surface area contributed by atoms with E-state index in [0.29, 0.717) is 21.8 Å². The summed E-state index contributed by atoms with van der Waals surface area (Å²) in [6.45, 7) is 0. The maximum Gasteiger partial charge on any atom is 0.269 e. The van der Waals surface area contributed by atoms with E-state index in [2.05, 4.69) is 21.2 Å². The normalized spacial score (nSPS) is 11.2. The van der Waals surface area contributed by atoms with Gasteiger partial charge < -0.3 is 5.32 Å². The summed E-state index contributed by atoms with van der Waals surface area (Å²) >= 11 is 9.54. The third-order valence-electron chi connectivity index (χ3n) is 4.00. The van der Waals surface area contributed by atoms with Crippen molar-refractivity contribution in [1.29, 1.82) is 0 Å². The van der Waals surface area contributed by atoms with Crippen LogP contribution in [0.2, 0.25) is 5.02 Å². The highest BCUT2D eigenvalue weighted by molar-refractivity contribution is 9.10. The Morgan fingerprint density at radius 2 is 1.50 bits per heavy atom. The van der Waals surface area contributed by atoms with Gasteiger partial charge in [0.2, 0.25) is 5.60 Å². The smallest absolute Gasteiger partial charge is 0.269 e. The molecule has 0 saturated heterocycles. The number of amides is 1. The SMILES string of the molecule is O=C(Nc1ccc(Br)cc1Cl)C(OO)(c1ccccc1)c1ccccc1. The van der Waals surface area contributed by atoms with Gasteiger partial charge in [-0.3, -0.25) is 10.1 Å². The first-order valence-corrected chi connectivity index (χ1v) is 8.95. The molecular formula is C20H15BrClNO3. The third-order valence-corrected chi connectivity index (χ3v) is 4.80. The fourth-order valence-electron chi connectivity index (χ4n) is 2.72. The second-order valence-electron chi connectivity index (χ2n) is 5.58. The lowest BCUT2D eigenvalue weighted by Crippen LogP contribution is -2.43. The highest BCUT2D eigenvalue weighted by atomic mass is 79.9. The standard InChI is InChI=1S/C20H15BrClNO3/c21-16-11-12-18(17(22)13-16)23-19(24)20(26-25,14-7-3-1-4-8-14)15-9-5-2-6-10-15/h1-13,25H,(H,23,24). The highest BCUT2D eigenvalue weighted by Gasteiger charge is 2.44. The Balaban J connectivity index is 2.10. The summed E-state index contributed by atoms with van der Waals surface area (Å²) in [4.78, 5) is 18.1. The number of hydrogen-bond donors (Lipinski definition) is 2. The predicted octanol–water partition coefficient (Wildman–Crippen LogP) is 5.47. The van der Waals surface area contributed by atoms with E-state index >= 15 is 0 Å². The van der Waals surface area contributed by atoms with Crippen LogP contribution in [0.4, 0.5) is 5.69 Å². The second kappa shape index (κ2) is 8.01. The van der Waals surface area contributed by atoms with E-state index in [-0.39, 0.29) is 0 Å².